The average Bonchev–Trinajstić information content (AvgIpc) is 2.82. The van der Waals surface area contributed by atoms with Crippen LogP contribution in [0.1, 0.15) is 80.3 Å². The topological polar surface area (TPSA) is 53.1 Å². The molecule has 1 fully saturated rings. The Morgan fingerprint density at radius 3 is 2.60 bits per heavy atom. The van der Waals surface area contributed by atoms with Crippen molar-refractivity contribution in [1.82, 2.24) is 4.98 Å². The zero-order valence-electron chi connectivity index (χ0n) is 12.1. The van der Waals surface area contributed by atoms with Crippen molar-refractivity contribution in [2.24, 2.45) is 5.92 Å². The third-order valence-electron chi connectivity index (χ3n) is 4.56. The number of halogens is 1. The molecule has 0 saturated heterocycles. The zero-order chi connectivity index (χ0) is 14.5. The van der Waals surface area contributed by atoms with Gasteiger partial charge in [0.2, 0.25) is 0 Å². The lowest BCUT2D eigenvalue weighted by molar-refractivity contribution is 0.0686. The number of unbranched alkanes of at least 4 members (excludes halogenated alkanes) is 2. The molecule has 0 amide bonds. The zero-order valence-corrected chi connectivity index (χ0v) is 12.1. The van der Waals surface area contributed by atoms with Gasteiger partial charge in [0.05, 0.1) is 0 Å². The first kappa shape index (κ1) is 15.1. The van der Waals surface area contributed by atoms with E-state index in [-0.39, 0.29) is 11.6 Å². The van der Waals surface area contributed by atoms with Gasteiger partial charge in [0.15, 0.2) is 11.5 Å². The maximum absolute atomic E-state index is 14.0. The third kappa shape index (κ3) is 3.41. The first-order valence-electron chi connectivity index (χ1n) is 7.73. The van der Waals surface area contributed by atoms with E-state index >= 15 is 0 Å². The lowest BCUT2D eigenvalue weighted by Crippen LogP contribution is -2.14. The van der Waals surface area contributed by atoms with E-state index in [4.69, 9.17) is 5.11 Å². The van der Waals surface area contributed by atoms with Crippen molar-refractivity contribution < 1.29 is 14.3 Å². The van der Waals surface area contributed by atoms with Crippen LogP contribution in [0.15, 0.2) is 6.20 Å². The van der Waals surface area contributed by atoms with Crippen molar-refractivity contribution in [2.45, 2.75) is 64.2 Å². The largest absolute Gasteiger partial charge is 0.476 e. The van der Waals surface area contributed by atoms with Crippen LogP contribution in [-0.4, -0.2) is 16.1 Å². The molecule has 0 atom stereocenters. The summed E-state index contributed by atoms with van der Waals surface area (Å²) in [6, 6.07) is 0. The number of carboxylic acids is 1. The Morgan fingerprint density at radius 2 is 2.05 bits per heavy atom. The van der Waals surface area contributed by atoms with Crippen LogP contribution in [0.2, 0.25) is 0 Å². The molecule has 2 N–H and O–H groups in total. The Labute approximate surface area is 119 Å². The summed E-state index contributed by atoms with van der Waals surface area (Å²) >= 11 is 0. The molecular formula is C16H24FNO2. The Balaban J connectivity index is 1.89. The predicted octanol–water partition coefficient (Wildman–Crippen LogP) is 4.71. The molecule has 4 heteroatoms. The number of hydrogen-bond acceptors (Lipinski definition) is 1. The van der Waals surface area contributed by atoms with E-state index in [1.165, 1.54) is 25.7 Å². The lowest BCUT2D eigenvalue weighted by Gasteiger charge is -2.28. The van der Waals surface area contributed by atoms with Crippen molar-refractivity contribution in [3.05, 3.63) is 23.3 Å². The minimum Gasteiger partial charge on any atom is -0.476 e. The minimum absolute atomic E-state index is 0.182. The highest BCUT2D eigenvalue weighted by Gasteiger charge is 2.27. The predicted molar refractivity (Wildman–Crippen MR) is 76.6 cm³/mol. The van der Waals surface area contributed by atoms with Crippen LogP contribution in [0, 0.1) is 11.7 Å². The highest BCUT2D eigenvalue weighted by Crippen LogP contribution is 2.39. The first-order valence-corrected chi connectivity index (χ1v) is 7.73. The molecule has 0 radical (unpaired) electrons. The molecule has 0 bridgehead atoms. The standard InChI is InChI=1S/C16H24FNO2/c1-2-3-4-5-11-6-8-12(9-7-11)13-10-18-15(14(13)17)16(19)20/h10-12,18H,2-9H2,1H3,(H,19,20). The molecule has 20 heavy (non-hydrogen) atoms. The SMILES string of the molecule is CCCCCC1CCC(c2c[nH]c(C(=O)O)c2F)CC1. The Kier molecular flexibility index (Phi) is 5.21. The van der Waals surface area contributed by atoms with Crippen LogP contribution in [-0.2, 0) is 0 Å². The molecule has 0 unspecified atom stereocenters. The van der Waals surface area contributed by atoms with Crippen molar-refractivity contribution in [3.63, 3.8) is 0 Å². The quantitative estimate of drug-likeness (QED) is 0.742. The molecule has 0 aromatic carbocycles. The van der Waals surface area contributed by atoms with Gasteiger partial charge >= 0.3 is 5.97 Å². The molecule has 0 spiro atoms. The van der Waals surface area contributed by atoms with Crippen molar-refractivity contribution in [2.75, 3.05) is 0 Å². The number of nitrogens with one attached hydrogen (secondary N) is 1. The van der Waals surface area contributed by atoms with E-state index in [9.17, 15) is 9.18 Å². The Morgan fingerprint density at radius 1 is 1.35 bits per heavy atom. The fourth-order valence-electron chi connectivity index (χ4n) is 3.32. The molecule has 1 heterocycles. The number of rotatable bonds is 6. The highest BCUT2D eigenvalue weighted by atomic mass is 19.1. The third-order valence-corrected chi connectivity index (χ3v) is 4.56. The van der Waals surface area contributed by atoms with Gasteiger partial charge in [0, 0.05) is 11.8 Å². The number of H-pyrrole nitrogens is 1. The van der Waals surface area contributed by atoms with Gasteiger partial charge in [-0.3, -0.25) is 0 Å². The molecule has 112 valence electrons. The minimum atomic E-state index is -1.22. The van der Waals surface area contributed by atoms with E-state index in [0.29, 0.717) is 5.56 Å². The molecular weight excluding hydrogens is 257 g/mol. The van der Waals surface area contributed by atoms with E-state index < -0.39 is 11.8 Å². The monoisotopic (exact) mass is 281 g/mol. The number of aromatic amines is 1. The fraction of sp³-hybridized carbons (Fsp3) is 0.688. The smallest absolute Gasteiger partial charge is 0.355 e. The maximum atomic E-state index is 14.0. The van der Waals surface area contributed by atoms with Crippen molar-refractivity contribution in [3.8, 4) is 0 Å². The van der Waals surface area contributed by atoms with E-state index in [0.717, 1.165) is 31.6 Å². The lowest BCUT2D eigenvalue weighted by atomic mass is 9.77. The van der Waals surface area contributed by atoms with Gasteiger partial charge in [-0.05, 0) is 37.5 Å². The Hall–Kier alpha value is -1.32. The molecule has 1 aromatic heterocycles. The highest BCUT2D eigenvalue weighted by molar-refractivity contribution is 5.86. The van der Waals surface area contributed by atoms with Crippen molar-refractivity contribution in [1.29, 1.82) is 0 Å². The summed E-state index contributed by atoms with van der Waals surface area (Å²) in [5, 5.41) is 8.87. The molecule has 1 aromatic rings. The molecule has 0 aliphatic heterocycles. The van der Waals surface area contributed by atoms with Gasteiger partial charge in [-0.15, -0.1) is 0 Å². The molecule has 3 nitrogen and oxygen atoms in total. The number of carboxylic acid groups (broad SMARTS) is 1. The summed E-state index contributed by atoms with van der Waals surface area (Å²) in [6.07, 6.45) is 10.9. The molecule has 1 aliphatic rings. The first-order chi connectivity index (χ1) is 9.63. The fourth-order valence-corrected chi connectivity index (χ4v) is 3.32. The van der Waals surface area contributed by atoms with Gasteiger partial charge in [0.25, 0.3) is 0 Å². The second kappa shape index (κ2) is 6.91. The van der Waals surface area contributed by atoms with Crippen LogP contribution in [0.5, 0.6) is 0 Å². The molecule has 2 rings (SSSR count). The number of hydrogen-bond donors (Lipinski definition) is 2. The van der Waals surface area contributed by atoms with Gasteiger partial charge in [-0.2, -0.15) is 0 Å². The van der Waals surface area contributed by atoms with Gasteiger partial charge in [-0.1, -0.05) is 32.6 Å². The Bertz CT molecular complexity index is 447. The molecule has 1 saturated carbocycles. The van der Waals surface area contributed by atoms with E-state index in [2.05, 4.69) is 11.9 Å². The van der Waals surface area contributed by atoms with Crippen LogP contribution in [0.25, 0.3) is 0 Å². The van der Waals surface area contributed by atoms with Crippen LogP contribution in [0.3, 0.4) is 0 Å². The van der Waals surface area contributed by atoms with Gasteiger partial charge in [0.1, 0.15) is 0 Å². The average molecular weight is 281 g/mol. The number of carbonyl (C=O) groups is 1. The van der Waals surface area contributed by atoms with Crippen LogP contribution in [0.4, 0.5) is 4.39 Å². The van der Waals surface area contributed by atoms with Crippen LogP contribution >= 0.6 is 0 Å². The summed E-state index contributed by atoms with van der Waals surface area (Å²) < 4.78 is 14.0. The molecule has 1 aliphatic carbocycles. The maximum Gasteiger partial charge on any atom is 0.355 e. The summed E-state index contributed by atoms with van der Waals surface area (Å²) in [5.41, 5.74) is 0.263. The van der Waals surface area contributed by atoms with E-state index in [1.807, 2.05) is 0 Å². The second-order valence-electron chi connectivity index (χ2n) is 5.95. The van der Waals surface area contributed by atoms with Gasteiger partial charge < -0.3 is 10.1 Å². The van der Waals surface area contributed by atoms with E-state index in [1.54, 1.807) is 6.20 Å². The van der Waals surface area contributed by atoms with Gasteiger partial charge in [-0.25, -0.2) is 9.18 Å². The summed E-state index contributed by atoms with van der Waals surface area (Å²) in [5.74, 6) is -0.825. The normalized spacial score (nSPS) is 22.9. The van der Waals surface area contributed by atoms with Crippen molar-refractivity contribution >= 4 is 5.97 Å². The number of aromatic carboxylic acids is 1. The second-order valence-corrected chi connectivity index (χ2v) is 5.95. The summed E-state index contributed by atoms with van der Waals surface area (Å²) in [6.45, 7) is 2.21. The summed E-state index contributed by atoms with van der Waals surface area (Å²) in [4.78, 5) is 13.4. The van der Waals surface area contributed by atoms with Crippen LogP contribution < -0.4 is 0 Å². The number of aromatic nitrogens is 1. The summed E-state index contributed by atoms with van der Waals surface area (Å²) in [7, 11) is 0.